The second-order valence-electron chi connectivity index (χ2n) is 12.5. The maximum absolute atomic E-state index is 13.9. The Kier molecular flexibility index (Phi) is 10.1. The number of aliphatic hydroxyl groups excluding tert-OH is 5. The van der Waals surface area contributed by atoms with E-state index in [1.54, 1.807) is 0 Å². The first-order valence-corrected chi connectivity index (χ1v) is 15.8. The Hall–Kier alpha value is -2.53. The molecule has 2 fully saturated rings. The maximum Gasteiger partial charge on any atom is 0.233 e. The van der Waals surface area contributed by atoms with Crippen LogP contribution in [0.1, 0.15) is 62.5 Å². The summed E-state index contributed by atoms with van der Waals surface area (Å²) in [5.74, 6) is 0.100. The third kappa shape index (κ3) is 7.41. The normalized spacial score (nSPS) is 20.2. The SMILES string of the molecule is O=C(CCc1ccc(Cl)c(CCC2(C(=O)N3CCN(C4CC4)c4ccccc43)CC2)c1)CC[C@H](O)[C@@H](O)[C@H](O)[C@H](O)CO. The second-order valence-corrected chi connectivity index (χ2v) is 12.9. The fourth-order valence-corrected chi connectivity index (χ4v) is 6.38. The molecule has 0 aromatic heterocycles. The Morgan fingerprint density at radius 1 is 0.907 bits per heavy atom. The number of para-hydroxylation sites is 2. The fourth-order valence-electron chi connectivity index (χ4n) is 6.17. The van der Waals surface area contributed by atoms with Gasteiger partial charge < -0.3 is 35.3 Å². The highest BCUT2D eigenvalue weighted by Crippen LogP contribution is 2.53. The number of amides is 1. The summed E-state index contributed by atoms with van der Waals surface area (Å²) in [6.07, 6.45) is -0.135. The molecule has 2 aromatic rings. The molecule has 10 heteroatoms. The van der Waals surface area contributed by atoms with Gasteiger partial charge in [-0.05, 0) is 80.7 Å². The molecular formula is C33H43ClN2O7. The first-order chi connectivity index (χ1) is 20.6. The van der Waals surface area contributed by atoms with Crippen molar-refractivity contribution in [1.82, 2.24) is 0 Å². The van der Waals surface area contributed by atoms with Crippen LogP contribution in [0.3, 0.4) is 0 Å². The van der Waals surface area contributed by atoms with Crippen molar-refractivity contribution in [3.05, 3.63) is 58.6 Å². The van der Waals surface area contributed by atoms with Gasteiger partial charge in [0.15, 0.2) is 0 Å². The second kappa shape index (κ2) is 13.6. The van der Waals surface area contributed by atoms with Crippen molar-refractivity contribution in [2.24, 2.45) is 5.41 Å². The molecule has 43 heavy (non-hydrogen) atoms. The molecule has 0 saturated heterocycles. The van der Waals surface area contributed by atoms with Gasteiger partial charge in [-0.25, -0.2) is 0 Å². The van der Waals surface area contributed by atoms with Crippen LogP contribution in [0.15, 0.2) is 42.5 Å². The van der Waals surface area contributed by atoms with Crippen molar-refractivity contribution in [1.29, 1.82) is 0 Å². The van der Waals surface area contributed by atoms with Crippen molar-refractivity contribution in [3.63, 3.8) is 0 Å². The van der Waals surface area contributed by atoms with Gasteiger partial charge in [0.05, 0.1) is 29.5 Å². The van der Waals surface area contributed by atoms with Crippen molar-refractivity contribution in [2.75, 3.05) is 29.5 Å². The Labute approximate surface area is 257 Å². The van der Waals surface area contributed by atoms with Gasteiger partial charge >= 0.3 is 0 Å². The van der Waals surface area contributed by atoms with Crippen molar-refractivity contribution in [2.45, 2.75) is 94.7 Å². The molecule has 5 rings (SSSR count). The minimum atomic E-state index is -1.71. The number of anilines is 2. The Morgan fingerprint density at radius 2 is 1.60 bits per heavy atom. The van der Waals surface area contributed by atoms with Gasteiger partial charge in [-0.3, -0.25) is 9.59 Å². The van der Waals surface area contributed by atoms with Gasteiger partial charge in [0.25, 0.3) is 0 Å². The topological polar surface area (TPSA) is 142 Å². The zero-order valence-corrected chi connectivity index (χ0v) is 25.2. The molecule has 234 valence electrons. The third-order valence-corrected chi connectivity index (χ3v) is 9.68. The Balaban J connectivity index is 1.13. The van der Waals surface area contributed by atoms with Crippen molar-refractivity contribution in [3.8, 4) is 0 Å². The molecule has 1 aliphatic heterocycles. The largest absolute Gasteiger partial charge is 0.394 e. The number of rotatable bonds is 15. The first-order valence-electron chi connectivity index (χ1n) is 15.4. The number of ketones is 1. The molecule has 4 atom stereocenters. The van der Waals surface area contributed by atoms with Gasteiger partial charge in [-0.15, -0.1) is 0 Å². The summed E-state index contributed by atoms with van der Waals surface area (Å²) in [6.45, 7) is 0.820. The van der Waals surface area contributed by atoms with E-state index in [-0.39, 0.29) is 36.4 Å². The summed E-state index contributed by atoms with van der Waals surface area (Å²) in [4.78, 5) is 30.8. The molecule has 2 aliphatic carbocycles. The van der Waals surface area contributed by atoms with E-state index in [1.807, 2.05) is 35.2 Å². The van der Waals surface area contributed by atoms with Crippen LogP contribution in [0.5, 0.6) is 0 Å². The Bertz CT molecular complexity index is 1300. The predicted molar refractivity (Wildman–Crippen MR) is 164 cm³/mol. The quantitative estimate of drug-likeness (QED) is 0.206. The molecule has 1 heterocycles. The number of hydrogen-bond donors (Lipinski definition) is 5. The average molecular weight is 615 g/mol. The number of benzene rings is 2. The smallest absolute Gasteiger partial charge is 0.233 e. The number of aryl methyl sites for hydroxylation is 2. The highest BCUT2D eigenvalue weighted by molar-refractivity contribution is 6.31. The minimum Gasteiger partial charge on any atom is -0.394 e. The van der Waals surface area contributed by atoms with Crippen LogP contribution < -0.4 is 9.80 Å². The van der Waals surface area contributed by atoms with Crippen LogP contribution >= 0.6 is 11.6 Å². The summed E-state index contributed by atoms with van der Waals surface area (Å²) in [5, 5.41) is 48.7. The van der Waals surface area contributed by atoms with Crippen LogP contribution in [0.2, 0.25) is 5.02 Å². The minimum absolute atomic E-state index is 0.00326. The zero-order chi connectivity index (χ0) is 30.7. The molecule has 1 amide bonds. The van der Waals surface area contributed by atoms with Gasteiger partial charge in [0.1, 0.15) is 24.1 Å². The summed E-state index contributed by atoms with van der Waals surface area (Å²) >= 11 is 6.55. The lowest BCUT2D eigenvalue weighted by Gasteiger charge is -2.39. The lowest BCUT2D eigenvalue weighted by atomic mass is 9.93. The summed E-state index contributed by atoms with van der Waals surface area (Å²) in [6, 6.07) is 14.6. The van der Waals surface area contributed by atoms with E-state index in [9.17, 15) is 30.0 Å². The van der Waals surface area contributed by atoms with Crippen LogP contribution in [0, 0.1) is 5.41 Å². The van der Waals surface area contributed by atoms with Gasteiger partial charge in [-0.1, -0.05) is 35.9 Å². The van der Waals surface area contributed by atoms with E-state index in [2.05, 4.69) is 17.0 Å². The highest BCUT2D eigenvalue weighted by Gasteiger charge is 2.52. The number of Topliss-reactive ketones (excluding diaryl/α,β-unsaturated/α-hetero) is 1. The van der Waals surface area contributed by atoms with E-state index < -0.39 is 31.0 Å². The van der Waals surface area contributed by atoms with Crippen LogP contribution in [0.4, 0.5) is 11.4 Å². The monoisotopic (exact) mass is 614 g/mol. The van der Waals surface area contributed by atoms with Gasteiger partial charge in [0, 0.05) is 37.0 Å². The molecule has 2 saturated carbocycles. The average Bonchev–Trinajstić information content (AvgIpc) is 3.96. The van der Waals surface area contributed by atoms with E-state index in [0.29, 0.717) is 30.5 Å². The van der Waals surface area contributed by atoms with Crippen molar-refractivity contribution < 1.29 is 35.1 Å². The molecule has 5 N–H and O–H groups in total. The van der Waals surface area contributed by atoms with E-state index >= 15 is 0 Å². The highest BCUT2D eigenvalue weighted by atomic mass is 35.5. The molecular weight excluding hydrogens is 572 g/mol. The number of carbonyl (C=O) groups is 2. The lowest BCUT2D eigenvalue weighted by molar-refractivity contribution is -0.125. The number of hydrogen-bond acceptors (Lipinski definition) is 8. The summed E-state index contributed by atoms with van der Waals surface area (Å²) in [7, 11) is 0. The molecule has 0 spiro atoms. The number of halogens is 1. The molecule has 0 unspecified atom stereocenters. The molecule has 3 aliphatic rings. The van der Waals surface area contributed by atoms with Crippen molar-refractivity contribution >= 4 is 34.7 Å². The maximum atomic E-state index is 13.9. The van der Waals surface area contributed by atoms with Crippen LogP contribution in [-0.4, -0.2) is 87.4 Å². The standard InChI is InChI=1S/C33H43ClN2O7/c34-25-11-6-21(5-9-24(38)10-12-28(39)30(41)31(42)29(40)20-37)19-22(25)13-14-33(15-16-33)32(43)36-18-17-35(23-7-8-23)26-3-1-2-4-27(26)36/h1-4,6,11,19,23,28-31,37,39-42H,5,7-10,12-18,20H2/t28-,29+,30+,31+/m0/s1. The van der Waals surface area contributed by atoms with Gasteiger partial charge in [0.2, 0.25) is 5.91 Å². The van der Waals surface area contributed by atoms with E-state index in [0.717, 1.165) is 48.3 Å². The fraction of sp³-hybridized carbons (Fsp3) is 0.576. The summed E-state index contributed by atoms with van der Waals surface area (Å²) < 4.78 is 0. The summed E-state index contributed by atoms with van der Waals surface area (Å²) in [5.41, 5.74) is 3.73. The van der Waals surface area contributed by atoms with Crippen LogP contribution in [0.25, 0.3) is 0 Å². The third-order valence-electron chi connectivity index (χ3n) is 9.31. The molecule has 0 bridgehead atoms. The van der Waals surface area contributed by atoms with E-state index in [4.69, 9.17) is 16.7 Å². The lowest BCUT2D eigenvalue weighted by Crippen LogP contribution is -2.47. The van der Waals surface area contributed by atoms with E-state index in [1.165, 1.54) is 12.8 Å². The number of fused-ring (bicyclic) bond motifs is 1. The molecule has 2 aromatic carbocycles. The van der Waals surface area contributed by atoms with Crippen LogP contribution in [-0.2, 0) is 22.4 Å². The number of nitrogens with zero attached hydrogens (tertiary/aromatic N) is 2. The number of carbonyl (C=O) groups excluding carboxylic acids is 2. The Morgan fingerprint density at radius 3 is 2.28 bits per heavy atom. The molecule has 9 nitrogen and oxygen atoms in total. The number of aliphatic hydroxyl groups is 5. The first kappa shape index (κ1) is 31.9. The van der Waals surface area contributed by atoms with Gasteiger partial charge in [-0.2, -0.15) is 0 Å². The predicted octanol–water partition coefficient (Wildman–Crippen LogP) is 2.79. The zero-order valence-electron chi connectivity index (χ0n) is 24.4. The molecule has 0 radical (unpaired) electrons.